The Bertz CT molecular complexity index is 1230. The van der Waals surface area contributed by atoms with E-state index in [4.69, 9.17) is 23.3 Å². The standard InChI is InChI=1S/C25H35FN5O8P/c1-14(2)37-23(33)15(3)30-40(34,39-17-10-8-7-9-11-17)36-12-18-20(32)25(5,26)24(38-18)31-13-27-19-21(31)28-16(4)29-22(19)35-6/h7-11,14-15,18,20-21,24,32H,12-13H2,1-6H3,(H,30,34)/t15-,18+,20+,21?,24+,25+,40-/m0/s1. The predicted molar refractivity (Wildman–Crippen MR) is 144 cm³/mol. The number of aliphatic hydroxyl groups excluding tert-OH is 1. The fraction of sp³-hybridized carbons (Fsp3) is 0.600. The number of ether oxygens (including phenoxy) is 3. The van der Waals surface area contributed by atoms with E-state index in [2.05, 4.69) is 20.1 Å². The van der Waals surface area contributed by atoms with Crippen molar-refractivity contribution in [1.82, 2.24) is 9.99 Å². The number of carbonyl (C=O) groups excluding carboxylic acids is 1. The van der Waals surface area contributed by atoms with E-state index in [1.54, 1.807) is 51.1 Å². The van der Waals surface area contributed by atoms with Gasteiger partial charge < -0.3 is 23.8 Å². The van der Waals surface area contributed by atoms with E-state index in [-0.39, 0.29) is 18.3 Å². The summed E-state index contributed by atoms with van der Waals surface area (Å²) < 4.78 is 57.4. The quantitative estimate of drug-likeness (QED) is 0.310. The number of halogens is 1. The maximum Gasteiger partial charge on any atom is 0.459 e. The summed E-state index contributed by atoms with van der Waals surface area (Å²) >= 11 is 0. The number of nitrogens with one attached hydrogen (secondary N) is 1. The number of hydrogen-bond donors (Lipinski definition) is 2. The lowest BCUT2D eigenvalue weighted by atomic mass is 9.98. The molecule has 4 rings (SSSR count). The fourth-order valence-corrected chi connectivity index (χ4v) is 5.97. The fourth-order valence-electron chi connectivity index (χ4n) is 4.47. The van der Waals surface area contributed by atoms with Crippen LogP contribution in [0.25, 0.3) is 0 Å². The molecular formula is C25H35FN5O8P. The average molecular weight is 584 g/mol. The molecule has 15 heteroatoms. The van der Waals surface area contributed by atoms with Crippen molar-refractivity contribution in [3.63, 3.8) is 0 Å². The minimum Gasteiger partial charge on any atom is -0.480 e. The average Bonchev–Trinajstić information content (AvgIpc) is 3.40. The van der Waals surface area contributed by atoms with Crippen LogP contribution < -0.4 is 9.61 Å². The first-order valence-corrected chi connectivity index (χ1v) is 14.4. The molecule has 3 aliphatic rings. The molecule has 1 aromatic carbocycles. The number of nitrogens with zero attached hydrogens (tertiary/aromatic N) is 4. The summed E-state index contributed by atoms with van der Waals surface area (Å²) in [4.78, 5) is 27.0. The van der Waals surface area contributed by atoms with Gasteiger partial charge in [-0.1, -0.05) is 18.2 Å². The normalized spacial score (nSPS) is 30.6. The molecule has 1 fully saturated rings. The zero-order valence-electron chi connectivity index (χ0n) is 23.2. The minimum atomic E-state index is -4.26. The highest BCUT2D eigenvalue weighted by molar-refractivity contribution is 7.52. The zero-order chi connectivity index (χ0) is 29.2. The maximum absolute atomic E-state index is 16.0. The van der Waals surface area contributed by atoms with Crippen LogP contribution in [-0.2, 0) is 28.1 Å². The Labute approximate surface area is 232 Å². The number of amidine groups is 1. The highest BCUT2D eigenvalue weighted by atomic mass is 31.2. The third-order valence-electron chi connectivity index (χ3n) is 6.40. The van der Waals surface area contributed by atoms with E-state index in [9.17, 15) is 14.5 Å². The first-order valence-electron chi connectivity index (χ1n) is 12.8. The lowest BCUT2D eigenvalue weighted by Gasteiger charge is -2.34. The van der Waals surface area contributed by atoms with E-state index in [0.717, 1.165) is 0 Å². The molecule has 0 aromatic heterocycles. The van der Waals surface area contributed by atoms with Gasteiger partial charge in [0.2, 0.25) is 5.90 Å². The van der Waals surface area contributed by atoms with Crippen LogP contribution in [0.5, 0.6) is 5.75 Å². The highest BCUT2D eigenvalue weighted by Crippen LogP contribution is 2.47. The van der Waals surface area contributed by atoms with Gasteiger partial charge >= 0.3 is 13.7 Å². The molecule has 1 aromatic rings. The number of para-hydroxylation sites is 1. The topological polar surface area (TPSA) is 153 Å². The van der Waals surface area contributed by atoms with Crippen molar-refractivity contribution >= 4 is 31.2 Å². The number of aliphatic hydroxyl groups is 1. The second kappa shape index (κ2) is 12.0. The Morgan fingerprint density at radius 3 is 2.67 bits per heavy atom. The number of alkyl halides is 1. The van der Waals surface area contributed by atoms with Crippen LogP contribution in [0.15, 0.2) is 45.3 Å². The molecule has 1 unspecified atom stereocenters. The van der Waals surface area contributed by atoms with E-state index in [1.807, 2.05) is 0 Å². The van der Waals surface area contributed by atoms with Crippen molar-refractivity contribution in [2.24, 2.45) is 15.0 Å². The van der Waals surface area contributed by atoms with Crippen molar-refractivity contribution in [2.45, 2.75) is 77.0 Å². The van der Waals surface area contributed by atoms with Gasteiger partial charge in [-0.15, -0.1) is 0 Å². The number of rotatable bonds is 10. The van der Waals surface area contributed by atoms with Crippen LogP contribution in [0.1, 0.15) is 34.6 Å². The SMILES string of the molecule is COC1=NC(C)=NC2C1=NCN2[C@@H]1O[C@H](CO[P@@](=O)(N[C@@H](C)C(=O)OC(C)C)Oc2ccccc2)[C@@H](O)[C@@]1(C)F. The van der Waals surface area contributed by atoms with Crippen molar-refractivity contribution < 1.29 is 42.1 Å². The molecule has 40 heavy (non-hydrogen) atoms. The second-order valence-electron chi connectivity index (χ2n) is 10.0. The third-order valence-corrected chi connectivity index (χ3v) is 8.04. The zero-order valence-corrected chi connectivity index (χ0v) is 24.1. The summed E-state index contributed by atoms with van der Waals surface area (Å²) in [5.41, 5.74) is -1.86. The van der Waals surface area contributed by atoms with Gasteiger partial charge in [0, 0.05) is 0 Å². The molecule has 3 aliphatic heterocycles. The maximum atomic E-state index is 16.0. The first kappa shape index (κ1) is 30.2. The van der Waals surface area contributed by atoms with E-state index in [0.29, 0.717) is 11.5 Å². The van der Waals surface area contributed by atoms with Gasteiger partial charge in [0.05, 0.1) is 26.5 Å². The van der Waals surface area contributed by atoms with E-state index < -0.39 is 62.7 Å². The molecule has 0 radical (unpaired) electrons. The number of fused-ring (bicyclic) bond motifs is 1. The van der Waals surface area contributed by atoms with Crippen molar-refractivity contribution in [2.75, 3.05) is 20.4 Å². The Balaban J connectivity index is 1.49. The van der Waals surface area contributed by atoms with Crippen LogP contribution in [0.4, 0.5) is 4.39 Å². The molecule has 0 bridgehead atoms. The molecule has 2 N–H and O–H groups in total. The van der Waals surface area contributed by atoms with Gasteiger partial charge in [0.15, 0.2) is 18.1 Å². The summed E-state index contributed by atoms with van der Waals surface area (Å²) in [6.07, 6.45) is -5.31. The van der Waals surface area contributed by atoms with Gasteiger partial charge in [-0.25, -0.2) is 18.8 Å². The molecule has 13 nitrogen and oxygen atoms in total. The molecular weight excluding hydrogens is 548 g/mol. The van der Waals surface area contributed by atoms with E-state index >= 15 is 4.39 Å². The highest BCUT2D eigenvalue weighted by Gasteiger charge is 2.59. The van der Waals surface area contributed by atoms with Gasteiger partial charge in [-0.2, -0.15) is 10.1 Å². The molecule has 3 heterocycles. The van der Waals surface area contributed by atoms with Gasteiger partial charge in [-0.3, -0.25) is 14.3 Å². The van der Waals surface area contributed by atoms with Crippen LogP contribution in [0.2, 0.25) is 0 Å². The third kappa shape index (κ3) is 6.42. The van der Waals surface area contributed by atoms with Crippen LogP contribution in [0.3, 0.4) is 0 Å². The van der Waals surface area contributed by atoms with Crippen LogP contribution in [-0.4, -0.2) is 96.2 Å². The summed E-state index contributed by atoms with van der Waals surface area (Å²) in [7, 11) is -2.81. The summed E-state index contributed by atoms with van der Waals surface area (Å²) in [5, 5.41) is 13.5. The Hall–Kier alpha value is -2.74. The number of carbonyl (C=O) groups is 1. The monoisotopic (exact) mass is 583 g/mol. The largest absolute Gasteiger partial charge is 0.480 e. The van der Waals surface area contributed by atoms with Gasteiger partial charge in [-0.05, 0) is 46.8 Å². The lowest BCUT2D eigenvalue weighted by Crippen LogP contribution is -2.54. The number of aliphatic imine (C=N–C) groups is 3. The molecule has 7 atom stereocenters. The molecule has 0 saturated carbocycles. The second-order valence-corrected chi connectivity index (χ2v) is 11.7. The molecule has 0 spiro atoms. The molecule has 0 aliphatic carbocycles. The Morgan fingerprint density at radius 2 is 2.02 bits per heavy atom. The summed E-state index contributed by atoms with van der Waals surface area (Å²) in [6, 6.07) is 7.11. The summed E-state index contributed by atoms with van der Waals surface area (Å²) in [6.45, 7) is 7.18. The Kier molecular flexibility index (Phi) is 9.08. The van der Waals surface area contributed by atoms with Crippen LogP contribution >= 0.6 is 7.75 Å². The van der Waals surface area contributed by atoms with Crippen molar-refractivity contribution in [1.29, 1.82) is 0 Å². The number of methoxy groups -OCH3 is 1. The molecule has 1 saturated heterocycles. The van der Waals surface area contributed by atoms with Gasteiger partial charge in [0.25, 0.3) is 0 Å². The van der Waals surface area contributed by atoms with E-state index in [1.165, 1.54) is 25.9 Å². The van der Waals surface area contributed by atoms with Gasteiger partial charge in [0.1, 0.15) is 35.5 Å². The molecule has 220 valence electrons. The Morgan fingerprint density at radius 1 is 1.32 bits per heavy atom. The minimum absolute atomic E-state index is 0.0241. The summed E-state index contributed by atoms with van der Waals surface area (Å²) in [5.74, 6) is 0.221. The van der Waals surface area contributed by atoms with Crippen molar-refractivity contribution in [3.05, 3.63) is 30.3 Å². The number of hydrogen-bond acceptors (Lipinski definition) is 12. The van der Waals surface area contributed by atoms with Crippen LogP contribution in [0, 0.1) is 0 Å². The predicted octanol–water partition coefficient (Wildman–Crippen LogP) is 2.45. The molecule has 0 amide bonds. The number of esters is 1. The lowest BCUT2D eigenvalue weighted by molar-refractivity contribution is -0.149. The number of benzene rings is 1. The van der Waals surface area contributed by atoms with Crippen molar-refractivity contribution in [3.8, 4) is 5.75 Å². The smallest absolute Gasteiger partial charge is 0.459 e. The first-order chi connectivity index (χ1) is 18.8.